The Bertz CT molecular complexity index is 219. The molecule has 0 saturated heterocycles. The molecule has 0 aromatic carbocycles. The standard InChI is InChI=1S/C6H7ClN2O/c1-4-3-5(10-2)9-6(7)8-4/h3H,1-2H3. The van der Waals surface area contributed by atoms with Gasteiger partial charge in [-0.05, 0) is 18.5 Å². The highest BCUT2D eigenvalue weighted by Gasteiger charge is 1.97. The quantitative estimate of drug-likeness (QED) is 0.581. The summed E-state index contributed by atoms with van der Waals surface area (Å²) in [6, 6.07) is 1.71. The molecule has 1 aromatic heterocycles. The van der Waals surface area contributed by atoms with Gasteiger partial charge in [-0.3, -0.25) is 0 Å². The molecule has 0 unspecified atom stereocenters. The fourth-order valence-corrected chi connectivity index (χ4v) is 0.826. The summed E-state index contributed by atoms with van der Waals surface area (Å²) in [6.07, 6.45) is 0. The van der Waals surface area contributed by atoms with Gasteiger partial charge < -0.3 is 4.74 Å². The molecule has 0 saturated carbocycles. The molecule has 0 N–H and O–H groups in total. The zero-order chi connectivity index (χ0) is 7.56. The normalized spacial score (nSPS) is 9.50. The van der Waals surface area contributed by atoms with E-state index < -0.39 is 0 Å². The number of aromatic nitrogens is 2. The first kappa shape index (κ1) is 7.28. The molecule has 0 aliphatic heterocycles. The summed E-state index contributed by atoms with van der Waals surface area (Å²) in [6.45, 7) is 1.83. The van der Waals surface area contributed by atoms with Gasteiger partial charge in [0, 0.05) is 11.8 Å². The highest BCUT2D eigenvalue weighted by Crippen LogP contribution is 2.10. The van der Waals surface area contributed by atoms with Crippen LogP contribution < -0.4 is 4.74 Å². The number of halogens is 1. The Labute approximate surface area is 64.0 Å². The Morgan fingerprint density at radius 1 is 1.50 bits per heavy atom. The summed E-state index contributed by atoms with van der Waals surface area (Å²) in [5.41, 5.74) is 0.803. The van der Waals surface area contributed by atoms with E-state index in [0.717, 1.165) is 5.69 Å². The number of ether oxygens (including phenoxy) is 1. The van der Waals surface area contributed by atoms with Gasteiger partial charge in [0.15, 0.2) is 0 Å². The molecule has 0 aliphatic carbocycles. The van der Waals surface area contributed by atoms with Crippen LogP contribution in [0.3, 0.4) is 0 Å². The van der Waals surface area contributed by atoms with E-state index in [0.29, 0.717) is 5.88 Å². The fourth-order valence-electron chi connectivity index (χ4n) is 0.609. The molecule has 4 heteroatoms. The monoisotopic (exact) mass is 158 g/mol. The molecule has 54 valence electrons. The number of methoxy groups -OCH3 is 1. The number of hydrogen-bond acceptors (Lipinski definition) is 3. The third kappa shape index (κ3) is 1.57. The minimum Gasteiger partial charge on any atom is -0.481 e. The predicted octanol–water partition coefficient (Wildman–Crippen LogP) is 1.45. The Balaban J connectivity index is 3.06. The zero-order valence-corrected chi connectivity index (χ0v) is 6.51. The average molecular weight is 159 g/mol. The third-order valence-electron chi connectivity index (χ3n) is 1.01. The van der Waals surface area contributed by atoms with Crippen LogP contribution in [0.5, 0.6) is 5.88 Å². The molecular weight excluding hydrogens is 152 g/mol. The van der Waals surface area contributed by atoms with Crippen LogP contribution in [0.1, 0.15) is 5.69 Å². The van der Waals surface area contributed by atoms with Crippen LogP contribution >= 0.6 is 11.6 Å². The van der Waals surface area contributed by atoms with Crippen molar-refractivity contribution >= 4 is 11.6 Å². The maximum Gasteiger partial charge on any atom is 0.225 e. The second-order valence-corrected chi connectivity index (χ2v) is 2.16. The molecule has 0 amide bonds. The Morgan fingerprint density at radius 3 is 2.70 bits per heavy atom. The highest BCUT2D eigenvalue weighted by atomic mass is 35.5. The molecule has 3 nitrogen and oxygen atoms in total. The van der Waals surface area contributed by atoms with Crippen LogP contribution in [0, 0.1) is 6.92 Å². The van der Waals surface area contributed by atoms with E-state index in [1.54, 1.807) is 6.07 Å². The molecule has 0 radical (unpaired) electrons. The Morgan fingerprint density at radius 2 is 2.20 bits per heavy atom. The topological polar surface area (TPSA) is 35.0 Å². The highest BCUT2D eigenvalue weighted by molar-refractivity contribution is 6.28. The molecular formula is C6H7ClN2O. The van der Waals surface area contributed by atoms with Gasteiger partial charge in [0.2, 0.25) is 11.2 Å². The summed E-state index contributed by atoms with van der Waals surface area (Å²) >= 11 is 5.53. The van der Waals surface area contributed by atoms with Crippen molar-refractivity contribution in [3.8, 4) is 5.88 Å². The first-order valence-electron chi connectivity index (χ1n) is 2.77. The van der Waals surface area contributed by atoms with E-state index in [-0.39, 0.29) is 5.28 Å². The summed E-state index contributed by atoms with van der Waals surface area (Å²) in [5, 5.41) is 0.219. The number of rotatable bonds is 1. The second-order valence-electron chi connectivity index (χ2n) is 1.82. The number of aryl methyl sites for hydroxylation is 1. The fraction of sp³-hybridized carbons (Fsp3) is 0.333. The minimum atomic E-state index is 0.219. The van der Waals surface area contributed by atoms with Gasteiger partial charge in [-0.15, -0.1) is 0 Å². The summed E-state index contributed by atoms with van der Waals surface area (Å²) < 4.78 is 4.84. The lowest BCUT2D eigenvalue weighted by Crippen LogP contribution is -1.91. The maximum absolute atomic E-state index is 5.53. The largest absolute Gasteiger partial charge is 0.481 e. The van der Waals surface area contributed by atoms with Crippen molar-refractivity contribution < 1.29 is 4.74 Å². The first-order valence-corrected chi connectivity index (χ1v) is 3.15. The van der Waals surface area contributed by atoms with E-state index in [9.17, 15) is 0 Å². The lowest BCUT2D eigenvalue weighted by molar-refractivity contribution is 0.396. The van der Waals surface area contributed by atoms with Crippen LogP contribution in [0.15, 0.2) is 6.07 Å². The van der Waals surface area contributed by atoms with Crippen LogP contribution in [-0.4, -0.2) is 17.1 Å². The van der Waals surface area contributed by atoms with Gasteiger partial charge in [-0.25, -0.2) is 4.98 Å². The molecule has 0 atom stereocenters. The van der Waals surface area contributed by atoms with E-state index in [4.69, 9.17) is 16.3 Å². The first-order chi connectivity index (χ1) is 4.72. The van der Waals surface area contributed by atoms with Gasteiger partial charge in [-0.2, -0.15) is 4.98 Å². The molecule has 0 fully saturated rings. The van der Waals surface area contributed by atoms with Crippen molar-refractivity contribution in [1.29, 1.82) is 0 Å². The van der Waals surface area contributed by atoms with Gasteiger partial charge >= 0.3 is 0 Å². The average Bonchev–Trinajstić information content (AvgIpc) is 1.85. The van der Waals surface area contributed by atoms with Gasteiger partial charge in [0.05, 0.1) is 7.11 Å². The molecule has 1 rings (SSSR count). The van der Waals surface area contributed by atoms with Crippen LogP contribution in [0.2, 0.25) is 5.28 Å². The third-order valence-corrected chi connectivity index (χ3v) is 1.18. The SMILES string of the molecule is COc1cc(C)nc(Cl)n1. The predicted molar refractivity (Wildman–Crippen MR) is 38.3 cm³/mol. The van der Waals surface area contributed by atoms with Crippen LogP contribution in [-0.2, 0) is 0 Å². The maximum atomic E-state index is 5.53. The van der Waals surface area contributed by atoms with Gasteiger partial charge in [0.25, 0.3) is 0 Å². The molecule has 0 aliphatic rings. The van der Waals surface area contributed by atoms with Gasteiger partial charge in [-0.1, -0.05) is 0 Å². The van der Waals surface area contributed by atoms with Gasteiger partial charge in [0.1, 0.15) is 0 Å². The van der Waals surface area contributed by atoms with Crippen molar-refractivity contribution in [3.63, 3.8) is 0 Å². The lowest BCUT2D eigenvalue weighted by Gasteiger charge is -1.98. The molecule has 10 heavy (non-hydrogen) atoms. The summed E-state index contributed by atoms with van der Waals surface area (Å²) in [7, 11) is 1.54. The zero-order valence-electron chi connectivity index (χ0n) is 5.76. The number of nitrogens with zero attached hydrogens (tertiary/aromatic N) is 2. The van der Waals surface area contributed by atoms with Crippen LogP contribution in [0.4, 0.5) is 0 Å². The van der Waals surface area contributed by atoms with E-state index >= 15 is 0 Å². The van der Waals surface area contributed by atoms with E-state index in [2.05, 4.69) is 9.97 Å². The minimum absolute atomic E-state index is 0.219. The second kappa shape index (κ2) is 2.84. The molecule has 1 aromatic rings. The van der Waals surface area contributed by atoms with Crippen molar-refractivity contribution in [2.45, 2.75) is 6.92 Å². The summed E-state index contributed by atoms with van der Waals surface area (Å²) in [4.78, 5) is 7.64. The van der Waals surface area contributed by atoms with Crippen molar-refractivity contribution in [2.24, 2.45) is 0 Å². The van der Waals surface area contributed by atoms with Crippen molar-refractivity contribution in [3.05, 3.63) is 17.0 Å². The van der Waals surface area contributed by atoms with E-state index in [1.165, 1.54) is 7.11 Å². The Kier molecular flexibility index (Phi) is 2.06. The van der Waals surface area contributed by atoms with E-state index in [1.807, 2.05) is 6.92 Å². The molecule has 0 bridgehead atoms. The molecule has 0 spiro atoms. The Hall–Kier alpha value is -0.830. The lowest BCUT2D eigenvalue weighted by atomic mass is 10.4. The van der Waals surface area contributed by atoms with Crippen molar-refractivity contribution in [1.82, 2.24) is 9.97 Å². The smallest absolute Gasteiger partial charge is 0.225 e. The number of hydrogen-bond donors (Lipinski definition) is 0. The molecule has 1 heterocycles. The van der Waals surface area contributed by atoms with Crippen molar-refractivity contribution in [2.75, 3.05) is 7.11 Å². The van der Waals surface area contributed by atoms with Crippen LogP contribution in [0.25, 0.3) is 0 Å². The summed E-state index contributed by atoms with van der Waals surface area (Å²) in [5.74, 6) is 0.498.